The summed E-state index contributed by atoms with van der Waals surface area (Å²) in [4.78, 5) is 28.7. The van der Waals surface area contributed by atoms with Crippen molar-refractivity contribution >= 4 is 17.4 Å². The number of nitrogens with zero attached hydrogens (tertiary/aromatic N) is 2. The van der Waals surface area contributed by atoms with Gasteiger partial charge < -0.3 is 19.9 Å². The highest BCUT2D eigenvalue weighted by Crippen LogP contribution is 2.25. The van der Waals surface area contributed by atoms with Crippen molar-refractivity contribution in [1.82, 2.24) is 9.80 Å². The third kappa shape index (κ3) is 7.03. The van der Waals surface area contributed by atoms with Crippen molar-refractivity contribution in [2.75, 3.05) is 58.3 Å². The molecule has 1 aliphatic heterocycles. The summed E-state index contributed by atoms with van der Waals surface area (Å²) in [6.45, 7) is 9.35. The summed E-state index contributed by atoms with van der Waals surface area (Å²) in [5.74, 6) is 0.876. The first-order valence-electron chi connectivity index (χ1n) is 11.6. The lowest BCUT2D eigenvalue weighted by molar-refractivity contribution is -0.117. The Kier molecular flexibility index (Phi) is 9.04. The van der Waals surface area contributed by atoms with Crippen LogP contribution in [0.3, 0.4) is 0 Å². The lowest BCUT2D eigenvalue weighted by Gasteiger charge is -2.35. The molecule has 3 rings (SSSR count). The van der Waals surface area contributed by atoms with Gasteiger partial charge in [-0.25, -0.2) is 0 Å². The highest BCUT2D eigenvalue weighted by molar-refractivity contribution is 5.97. The second-order valence-corrected chi connectivity index (χ2v) is 8.77. The lowest BCUT2D eigenvalue weighted by Crippen LogP contribution is -2.50. The van der Waals surface area contributed by atoms with Gasteiger partial charge in [0.15, 0.2) is 5.78 Å². The zero-order valence-corrected chi connectivity index (χ0v) is 20.5. The third-order valence-corrected chi connectivity index (χ3v) is 6.05. The van der Waals surface area contributed by atoms with Crippen molar-refractivity contribution in [1.29, 1.82) is 0 Å². The maximum absolute atomic E-state index is 12.5. The number of aryl methyl sites for hydroxylation is 2. The number of rotatable bonds is 10. The smallest absolute Gasteiger partial charge is 0.238 e. The summed E-state index contributed by atoms with van der Waals surface area (Å²) >= 11 is 0. The summed E-state index contributed by atoms with van der Waals surface area (Å²) in [7, 11) is 1.55. The number of Topliss-reactive ketones (excluding diaryl/α,β-unsaturated/α-hetero) is 1. The van der Waals surface area contributed by atoms with Crippen LogP contribution in [0, 0.1) is 13.8 Å². The monoisotopic (exact) mass is 469 g/mol. The van der Waals surface area contributed by atoms with Gasteiger partial charge in [0, 0.05) is 44.5 Å². The average molecular weight is 470 g/mol. The van der Waals surface area contributed by atoms with Crippen LogP contribution < -0.4 is 14.8 Å². The topological polar surface area (TPSA) is 91.3 Å². The quantitative estimate of drug-likeness (QED) is 0.517. The number of piperazine rings is 1. The fraction of sp³-hybridized carbons (Fsp3) is 0.462. The number of ketones is 1. The van der Waals surface area contributed by atoms with Crippen LogP contribution in [0.25, 0.3) is 0 Å². The molecule has 0 spiro atoms. The number of anilines is 1. The fourth-order valence-corrected chi connectivity index (χ4v) is 4.10. The largest absolute Gasteiger partial charge is 0.497 e. The first-order chi connectivity index (χ1) is 16.3. The Bertz CT molecular complexity index is 982. The van der Waals surface area contributed by atoms with E-state index >= 15 is 0 Å². The van der Waals surface area contributed by atoms with E-state index in [1.165, 1.54) is 6.92 Å². The molecule has 0 saturated carbocycles. The predicted molar refractivity (Wildman–Crippen MR) is 132 cm³/mol. The summed E-state index contributed by atoms with van der Waals surface area (Å²) in [6.07, 6.45) is -0.704. The Morgan fingerprint density at radius 3 is 2.32 bits per heavy atom. The number of aliphatic hydroxyl groups excluding tert-OH is 1. The highest BCUT2D eigenvalue weighted by Gasteiger charge is 2.22. The zero-order valence-electron chi connectivity index (χ0n) is 20.5. The molecule has 2 N–H and O–H groups in total. The van der Waals surface area contributed by atoms with Crippen molar-refractivity contribution < 1.29 is 24.2 Å². The molecule has 0 aromatic heterocycles. The number of para-hydroxylation sites is 1. The SMILES string of the molecule is COc1ccc(C(C)=O)c(OCC(O)CN2CCN(CC(=O)Nc3c(C)cccc3C)CC2)c1. The number of hydrogen-bond acceptors (Lipinski definition) is 7. The van der Waals surface area contributed by atoms with Gasteiger partial charge in [0.2, 0.25) is 5.91 Å². The van der Waals surface area contributed by atoms with Crippen LogP contribution in [0.1, 0.15) is 28.4 Å². The minimum Gasteiger partial charge on any atom is -0.497 e. The normalized spacial score (nSPS) is 15.6. The van der Waals surface area contributed by atoms with Crippen molar-refractivity contribution in [3.8, 4) is 11.5 Å². The van der Waals surface area contributed by atoms with E-state index in [0.717, 1.165) is 43.0 Å². The zero-order chi connectivity index (χ0) is 24.7. The molecule has 1 fully saturated rings. The maximum atomic E-state index is 12.5. The van der Waals surface area contributed by atoms with E-state index < -0.39 is 6.10 Å². The number of nitrogens with one attached hydrogen (secondary N) is 1. The van der Waals surface area contributed by atoms with E-state index in [1.54, 1.807) is 25.3 Å². The Morgan fingerprint density at radius 2 is 1.71 bits per heavy atom. The van der Waals surface area contributed by atoms with Crippen LogP contribution in [-0.4, -0.2) is 85.7 Å². The molecule has 8 nitrogen and oxygen atoms in total. The molecule has 1 heterocycles. The number of aliphatic hydroxyl groups is 1. The molecule has 1 atom stereocenters. The Hall–Kier alpha value is -2.94. The Balaban J connectivity index is 1.43. The molecular weight excluding hydrogens is 434 g/mol. The fourth-order valence-electron chi connectivity index (χ4n) is 4.10. The predicted octanol–water partition coefficient (Wildman–Crippen LogP) is 2.51. The first-order valence-corrected chi connectivity index (χ1v) is 11.6. The lowest BCUT2D eigenvalue weighted by atomic mass is 10.1. The molecule has 1 aliphatic rings. The van der Waals surface area contributed by atoms with Crippen molar-refractivity contribution in [2.45, 2.75) is 26.9 Å². The summed E-state index contributed by atoms with van der Waals surface area (Å²) < 4.78 is 11.0. The average Bonchev–Trinajstić information content (AvgIpc) is 2.81. The number of methoxy groups -OCH3 is 1. The van der Waals surface area contributed by atoms with E-state index in [9.17, 15) is 14.7 Å². The third-order valence-electron chi connectivity index (χ3n) is 6.05. The Labute approximate surface area is 201 Å². The van der Waals surface area contributed by atoms with Gasteiger partial charge in [0.25, 0.3) is 0 Å². The minimum atomic E-state index is -0.704. The van der Waals surface area contributed by atoms with Gasteiger partial charge >= 0.3 is 0 Å². The van der Waals surface area contributed by atoms with Gasteiger partial charge in [-0.15, -0.1) is 0 Å². The Morgan fingerprint density at radius 1 is 1.06 bits per heavy atom. The van der Waals surface area contributed by atoms with E-state index in [2.05, 4.69) is 15.1 Å². The van der Waals surface area contributed by atoms with Gasteiger partial charge in [-0.2, -0.15) is 0 Å². The van der Waals surface area contributed by atoms with E-state index in [-0.39, 0.29) is 18.3 Å². The molecule has 2 aromatic rings. The van der Waals surface area contributed by atoms with Crippen LogP contribution >= 0.6 is 0 Å². The second-order valence-electron chi connectivity index (χ2n) is 8.77. The number of benzene rings is 2. The van der Waals surface area contributed by atoms with Gasteiger partial charge in [-0.3, -0.25) is 19.4 Å². The second kappa shape index (κ2) is 12.0. The van der Waals surface area contributed by atoms with Crippen LogP contribution in [0.15, 0.2) is 36.4 Å². The molecule has 1 unspecified atom stereocenters. The van der Waals surface area contributed by atoms with Crippen molar-refractivity contribution in [3.63, 3.8) is 0 Å². The van der Waals surface area contributed by atoms with Crippen LogP contribution in [0.4, 0.5) is 5.69 Å². The van der Waals surface area contributed by atoms with Crippen LogP contribution in [0.2, 0.25) is 0 Å². The number of ether oxygens (including phenoxy) is 2. The molecule has 0 bridgehead atoms. The number of β-amino-alcohol motifs (C(OH)–C–C–N with tert-alkyl or cyclic N) is 1. The van der Waals surface area contributed by atoms with E-state index in [1.807, 2.05) is 32.0 Å². The molecule has 1 saturated heterocycles. The van der Waals surface area contributed by atoms with Gasteiger partial charge in [-0.05, 0) is 44.0 Å². The minimum absolute atomic E-state index is 0.0150. The van der Waals surface area contributed by atoms with Gasteiger partial charge in [-0.1, -0.05) is 18.2 Å². The molecule has 34 heavy (non-hydrogen) atoms. The summed E-state index contributed by atoms with van der Waals surface area (Å²) in [5, 5.41) is 13.5. The van der Waals surface area contributed by atoms with Crippen molar-refractivity contribution in [3.05, 3.63) is 53.1 Å². The van der Waals surface area contributed by atoms with E-state index in [0.29, 0.717) is 30.2 Å². The number of carbonyl (C=O) groups excluding carboxylic acids is 2. The molecule has 2 aromatic carbocycles. The van der Waals surface area contributed by atoms with Crippen LogP contribution in [0.5, 0.6) is 11.5 Å². The molecular formula is C26H35N3O5. The molecule has 1 amide bonds. The summed E-state index contributed by atoms with van der Waals surface area (Å²) in [6, 6.07) is 11.0. The number of carbonyl (C=O) groups is 2. The summed E-state index contributed by atoms with van der Waals surface area (Å²) in [5.41, 5.74) is 3.46. The molecule has 8 heteroatoms. The molecule has 0 aliphatic carbocycles. The standard InChI is InChI=1S/C26H35N3O5/c1-18-6-5-7-19(2)26(18)27-25(32)16-29-12-10-28(11-13-29)15-21(31)17-34-24-14-22(33-4)8-9-23(24)20(3)30/h5-9,14,21,31H,10-13,15-17H2,1-4H3,(H,27,32). The van der Waals surface area contributed by atoms with Crippen molar-refractivity contribution in [2.24, 2.45) is 0 Å². The maximum Gasteiger partial charge on any atom is 0.238 e. The van der Waals surface area contributed by atoms with E-state index in [4.69, 9.17) is 9.47 Å². The van der Waals surface area contributed by atoms with Crippen LogP contribution in [-0.2, 0) is 4.79 Å². The first kappa shape index (κ1) is 25.7. The van der Waals surface area contributed by atoms with Gasteiger partial charge in [0.1, 0.15) is 24.2 Å². The number of hydrogen-bond donors (Lipinski definition) is 2. The number of amides is 1. The van der Waals surface area contributed by atoms with Gasteiger partial charge in [0.05, 0.1) is 19.2 Å². The molecule has 0 radical (unpaired) electrons. The highest BCUT2D eigenvalue weighted by atomic mass is 16.5. The molecule has 184 valence electrons.